The van der Waals surface area contributed by atoms with Crippen molar-refractivity contribution >= 4 is 5.78 Å². The molecule has 0 radical (unpaired) electrons. The molecule has 2 fully saturated rings. The summed E-state index contributed by atoms with van der Waals surface area (Å²) in [5, 5.41) is 11.4. The Kier molecular flexibility index (Phi) is 10.5. The number of benzene rings is 1. The number of phenols is 1. The molecule has 0 aromatic heterocycles. The highest BCUT2D eigenvalue weighted by molar-refractivity contribution is 5.89. The Hall–Kier alpha value is -1.81. The number of rotatable bonds is 12. The number of ether oxygens (including phenoxy) is 2. The van der Waals surface area contributed by atoms with Gasteiger partial charge in [0, 0.05) is 19.1 Å². The van der Waals surface area contributed by atoms with Gasteiger partial charge in [0.2, 0.25) is 0 Å². The molecule has 0 bridgehead atoms. The third-order valence-corrected chi connectivity index (χ3v) is 7.63. The molecule has 3 rings (SSSR count). The van der Waals surface area contributed by atoms with E-state index in [4.69, 9.17) is 9.47 Å². The molecule has 2 saturated carbocycles. The minimum Gasteiger partial charge on any atom is -0.504 e. The van der Waals surface area contributed by atoms with Crippen LogP contribution in [0.2, 0.25) is 0 Å². The van der Waals surface area contributed by atoms with Crippen LogP contribution in [0.4, 0.5) is 0 Å². The van der Waals surface area contributed by atoms with Crippen LogP contribution >= 0.6 is 0 Å². The van der Waals surface area contributed by atoms with E-state index in [9.17, 15) is 9.90 Å². The molecule has 1 aromatic carbocycles. The summed E-state index contributed by atoms with van der Waals surface area (Å²) in [6, 6.07) is 4.13. The monoisotopic (exact) mass is 470 g/mol. The molecule has 1 aromatic rings. The van der Waals surface area contributed by atoms with Gasteiger partial charge in [-0.15, -0.1) is 0 Å². The first-order valence-corrected chi connectivity index (χ1v) is 13.7. The highest BCUT2D eigenvalue weighted by Crippen LogP contribution is 2.48. The molecule has 0 spiro atoms. The number of carbonyl (C=O) groups excluding carboxylic acids is 1. The smallest absolute Gasteiger partial charge is 0.161 e. The van der Waals surface area contributed by atoms with Crippen molar-refractivity contribution in [3.8, 4) is 11.5 Å². The molecule has 2 aliphatic rings. The zero-order valence-corrected chi connectivity index (χ0v) is 21.9. The number of aromatic hydroxyl groups is 1. The van der Waals surface area contributed by atoms with Gasteiger partial charge >= 0.3 is 0 Å². The lowest BCUT2D eigenvalue weighted by atomic mass is 9.70. The molecule has 2 aliphatic carbocycles. The van der Waals surface area contributed by atoms with Crippen LogP contribution in [0.15, 0.2) is 24.3 Å². The first-order chi connectivity index (χ1) is 16.4. The van der Waals surface area contributed by atoms with Crippen molar-refractivity contribution in [2.45, 2.75) is 116 Å². The summed E-state index contributed by atoms with van der Waals surface area (Å²) >= 11 is 0. The maximum Gasteiger partial charge on any atom is 0.161 e. The number of methoxy groups -OCH3 is 1. The van der Waals surface area contributed by atoms with E-state index < -0.39 is 0 Å². The average molecular weight is 471 g/mol. The van der Waals surface area contributed by atoms with Gasteiger partial charge in [0.15, 0.2) is 17.3 Å². The molecule has 4 nitrogen and oxygen atoms in total. The summed E-state index contributed by atoms with van der Waals surface area (Å²) in [5.74, 6) is 2.45. The van der Waals surface area contributed by atoms with Gasteiger partial charge in [-0.1, -0.05) is 39.3 Å². The van der Waals surface area contributed by atoms with Crippen LogP contribution in [0, 0.1) is 11.8 Å². The molecule has 0 amide bonds. The average Bonchev–Trinajstić information content (AvgIpc) is 3.33. The maximum atomic E-state index is 12.4. The molecule has 34 heavy (non-hydrogen) atoms. The Labute approximate surface area is 207 Å². The van der Waals surface area contributed by atoms with E-state index in [2.05, 4.69) is 26.8 Å². The minimum atomic E-state index is 0.163. The highest BCUT2D eigenvalue weighted by atomic mass is 16.5. The Morgan fingerprint density at radius 1 is 1.15 bits per heavy atom. The number of unbranched alkanes of at least 4 members (excludes halogenated alkanes) is 1. The SMILES string of the molecule is CCC/C=C/C(=O)CCc1cc(OC2CCCC2)c(O)c([C@@H]2C[C@H](OC)CC[C@H]2CC(C)C)c1. The molecule has 1 N–H and O–H groups in total. The standard InChI is InChI=1S/C30H46O4/c1-5-6-7-10-24(31)15-13-22-18-28(30(32)29(19-22)34-25-11-8-9-12-25)27-20-26(33-4)16-14-23(27)17-21(2)3/h7,10,18-19,21,23,25-27,32H,5-6,8-9,11-17,20H2,1-4H3/b10-7+/t23-,26+,27+/m0/s1. The fraction of sp³-hybridized carbons (Fsp3) is 0.700. The predicted molar refractivity (Wildman–Crippen MR) is 139 cm³/mol. The topological polar surface area (TPSA) is 55.8 Å². The lowest BCUT2D eigenvalue weighted by molar-refractivity contribution is -0.114. The summed E-state index contributed by atoms with van der Waals surface area (Å²) in [7, 11) is 1.80. The van der Waals surface area contributed by atoms with Crippen molar-refractivity contribution in [3.63, 3.8) is 0 Å². The number of hydrogen-bond donors (Lipinski definition) is 1. The van der Waals surface area contributed by atoms with Crippen molar-refractivity contribution in [1.29, 1.82) is 0 Å². The van der Waals surface area contributed by atoms with E-state index in [0.29, 0.717) is 36.2 Å². The van der Waals surface area contributed by atoms with Gasteiger partial charge < -0.3 is 14.6 Å². The summed E-state index contributed by atoms with van der Waals surface area (Å²) < 4.78 is 12.1. The third kappa shape index (κ3) is 7.60. The van der Waals surface area contributed by atoms with Gasteiger partial charge in [0.1, 0.15) is 0 Å². The van der Waals surface area contributed by atoms with Gasteiger partial charge in [0.05, 0.1) is 12.2 Å². The fourth-order valence-electron chi connectivity index (χ4n) is 5.80. The fourth-order valence-corrected chi connectivity index (χ4v) is 5.80. The van der Waals surface area contributed by atoms with E-state index in [1.54, 1.807) is 13.2 Å². The third-order valence-electron chi connectivity index (χ3n) is 7.63. The lowest BCUT2D eigenvalue weighted by Crippen LogP contribution is -2.29. The molecular formula is C30H46O4. The van der Waals surface area contributed by atoms with Crippen LogP contribution in [-0.2, 0) is 16.0 Å². The first kappa shape index (κ1) is 26.8. The van der Waals surface area contributed by atoms with Crippen LogP contribution in [0.5, 0.6) is 11.5 Å². The van der Waals surface area contributed by atoms with Crippen molar-refractivity contribution < 1.29 is 19.4 Å². The molecule has 4 heteroatoms. The molecule has 0 heterocycles. The zero-order valence-electron chi connectivity index (χ0n) is 21.9. The van der Waals surface area contributed by atoms with Gasteiger partial charge in [0.25, 0.3) is 0 Å². The van der Waals surface area contributed by atoms with Gasteiger partial charge in [-0.05, 0) is 99.7 Å². The number of carbonyl (C=O) groups is 1. The van der Waals surface area contributed by atoms with Gasteiger partial charge in [-0.3, -0.25) is 4.79 Å². The normalized spacial score (nSPS) is 23.7. The summed E-state index contributed by atoms with van der Waals surface area (Å²) in [5.41, 5.74) is 2.08. The lowest BCUT2D eigenvalue weighted by Gasteiger charge is -2.37. The van der Waals surface area contributed by atoms with Crippen LogP contribution in [-0.4, -0.2) is 30.2 Å². The van der Waals surface area contributed by atoms with Crippen molar-refractivity contribution in [2.75, 3.05) is 7.11 Å². The summed E-state index contributed by atoms with van der Waals surface area (Å²) in [6.45, 7) is 6.68. The van der Waals surface area contributed by atoms with E-state index in [1.165, 1.54) is 12.8 Å². The molecule has 0 aliphatic heterocycles. The predicted octanol–water partition coefficient (Wildman–Crippen LogP) is 7.52. The number of phenolic OH excluding ortho intramolecular Hbond substituents is 1. The summed E-state index contributed by atoms with van der Waals surface area (Å²) in [4.78, 5) is 12.4. The Balaban J connectivity index is 1.89. The second kappa shape index (κ2) is 13.3. The van der Waals surface area contributed by atoms with E-state index >= 15 is 0 Å². The molecule has 3 atom stereocenters. The van der Waals surface area contributed by atoms with E-state index in [0.717, 1.165) is 62.5 Å². The van der Waals surface area contributed by atoms with Gasteiger partial charge in [-0.25, -0.2) is 0 Å². The van der Waals surface area contributed by atoms with Crippen LogP contribution < -0.4 is 4.74 Å². The number of allylic oxidation sites excluding steroid dienone is 2. The highest BCUT2D eigenvalue weighted by Gasteiger charge is 2.34. The van der Waals surface area contributed by atoms with Crippen LogP contribution in [0.1, 0.15) is 108 Å². The Morgan fingerprint density at radius 2 is 1.91 bits per heavy atom. The first-order valence-electron chi connectivity index (χ1n) is 13.7. The van der Waals surface area contributed by atoms with Crippen LogP contribution in [0.3, 0.4) is 0 Å². The molecule has 190 valence electrons. The minimum absolute atomic E-state index is 0.163. The molecular weight excluding hydrogens is 424 g/mol. The molecule has 0 saturated heterocycles. The quantitative estimate of drug-likeness (QED) is 0.321. The zero-order chi connectivity index (χ0) is 24.5. The van der Waals surface area contributed by atoms with Gasteiger partial charge in [-0.2, -0.15) is 0 Å². The second-order valence-electron chi connectivity index (χ2n) is 10.9. The number of ketones is 1. The van der Waals surface area contributed by atoms with Crippen molar-refractivity contribution in [2.24, 2.45) is 11.8 Å². The Bertz CT molecular complexity index is 806. The number of aryl methyl sites for hydroxylation is 1. The van der Waals surface area contributed by atoms with Crippen molar-refractivity contribution in [3.05, 3.63) is 35.4 Å². The largest absolute Gasteiger partial charge is 0.504 e. The second-order valence-corrected chi connectivity index (χ2v) is 10.9. The van der Waals surface area contributed by atoms with E-state index in [1.807, 2.05) is 12.1 Å². The van der Waals surface area contributed by atoms with Crippen LogP contribution in [0.25, 0.3) is 0 Å². The Morgan fingerprint density at radius 3 is 2.59 bits per heavy atom. The van der Waals surface area contributed by atoms with Crippen molar-refractivity contribution in [1.82, 2.24) is 0 Å². The molecule has 0 unspecified atom stereocenters. The maximum absolute atomic E-state index is 12.4. The summed E-state index contributed by atoms with van der Waals surface area (Å²) in [6.07, 6.45) is 16.0. The number of hydrogen-bond acceptors (Lipinski definition) is 4. The van der Waals surface area contributed by atoms with E-state index in [-0.39, 0.29) is 23.9 Å².